The molecule has 1 aliphatic rings. The van der Waals surface area contributed by atoms with E-state index in [9.17, 15) is 9.59 Å². The van der Waals surface area contributed by atoms with Gasteiger partial charge in [-0.3, -0.25) is 14.5 Å². The smallest absolute Gasteiger partial charge is 0.251 e. The summed E-state index contributed by atoms with van der Waals surface area (Å²) in [6.45, 7) is 4.06. The second-order valence-electron chi connectivity index (χ2n) is 4.49. The Morgan fingerprint density at radius 2 is 1.94 bits per heavy atom. The number of rotatable bonds is 2. The van der Waals surface area contributed by atoms with Crippen LogP contribution in [0.15, 0.2) is 18.2 Å². The minimum atomic E-state index is -0.422. The van der Waals surface area contributed by atoms with Gasteiger partial charge in [-0.05, 0) is 37.1 Å². The Labute approximate surface area is 101 Å². The normalized spacial score (nSPS) is 19.9. The number of hydrogen-bond donors (Lipinski definition) is 1. The van der Waals surface area contributed by atoms with Gasteiger partial charge in [-0.1, -0.05) is 6.07 Å². The number of hydrogen-bond acceptors (Lipinski definition) is 3. The van der Waals surface area contributed by atoms with Crippen LogP contribution in [0.3, 0.4) is 0 Å². The van der Waals surface area contributed by atoms with Crippen LogP contribution in [-0.4, -0.2) is 29.8 Å². The largest absolute Gasteiger partial charge is 0.373 e. The number of carbonyl (C=O) groups excluding carboxylic acids is 2. The average Bonchev–Trinajstić information content (AvgIpc) is 2.52. The van der Waals surface area contributed by atoms with E-state index in [-0.39, 0.29) is 18.2 Å². The van der Waals surface area contributed by atoms with E-state index in [1.807, 2.05) is 32.0 Å². The molecule has 1 saturated heterocycles. The molecule has 0 aromatic heterocycles. The Hall–Kier alpha value is -1.84. The van der Waals surface area contributed by atoms with Crippen LogP contribution < -0.4 is 5.32 Å². The molecule has 1 atom stereocenters. The van der Waals surface area contributed by atoms with Crippen LogP contribution in [0, 0.1) is 13.8 Å². The summed E-state index contributed by atoms with van der Waals surface area (Å²) in [4.78, 5) is 24.3. The zero-order valence-electron chi connectivity index (χ0n) is 10.3. The van der Waals surface area contributed by atoms with Gasteiger partial charge in [0.05, 0.1) is 6.42 Å². The van der Waals surface area contributed by atoms with Crippen molar-refractivity contribution < 1.29 is 9.59 Å². The van der Waals surface area contributed by atoms with Crippen LogP contribution in [-0.2, 0) is 9.59 Å². The molecule has 1 aromatic carbocycles. The molecule has 0 radical (unpaired) electrons. The number of aryl methyl sites for hydroxylation is 2. The fourth-order valence-corrected chi connectivity index (χ4v) is 1.90. The van der Waals surface area contributed by atoms with Gasteiger partial charge in [0.2, 0.25) is 5.91 Å². The molecular weight excluding hydrogens is 216 g/mol. The number of amides is 2. The summed E-state index contributed by atoms with van der Waals surface area (Å²) in [5.41, 5.74) is 3.26. The van der Waals surface area contributed by atoms with E-state index in [0.29, 0.717) is 0 Å². The molecule has 0 bridgehead atoms. The second kappa shape index (κ2) is 4.20. The van der Waals surface area contributed by atoms with Gasteiger partial charge in [-0.2, -0.15) is 0 Å². The van der Waals surface area contributed by atoms with Crippen molar-refractivity contribution in [2.24, 2.45) is 0 Å². The van der Waals surface area contributed by atoms with Gasteiger partial charge in [0, 0.05) is 12.7 Å². The molecule has 0 unspecified atom stereocenters. The third-order valence-corrected chi connectivity index (χ3v) is 3.23. The van der Waals surface area contributed by atoms with Gasteiger partial charge in [0.15, 0.2) is 0 Å². The first kappa shape index (κ1) is 11.6. The van der Waals surface area contributed by atoms with Crippen LogP contribution in [0.4, 0.5) is 5.69 Å². The van der Waals surface area contributed by atoms with Crippen LogP contribution in [0.25, 0.3) is 0 Å². The first-order valence-corrected chi connectivity index (χ1v) is 5.63. The number of imide groups is 1. The third kappa shape index (κ3) is 2.16. The predicted molar refractivity (Wildman–Crippen MR) is 65.7 cm³/mol. The van der Waals surface area contributed by atoms with Crippen LogP contribution in [0.5, 0.6) is 0 Å². The van der Waals surface area contributed by atoms with E-state index in [1.165, 1.54) is 23.1 Å². The molecule has 17 heavy (non-hydrogen) atoms. The van der Waals surface area contributed by atoms with Crippen LogP contribution in [0.2, 0.25) is 0 Å². The Kier molecular flexibility index (Phi) is 2.88. The maximum atomic E-state index is 11.7. The summed E-state index contributed by atoms with van der Waals surface area (Å²) in [6, 6.07) is 5.50. The number of carbonyl (C=O) groups is 2. The standard InChI is InChI=1S/C13H16N2O2/c1-8-4-5-10(6-9(8)2)14-11-7-12(16)15(3)13(11)17/h4-6,11,14H,7H2,1-3H3/t11-/m0/s1. The van der Waals surface area contributed by atoms with E-state index < -0.39 is 6.04 Å². The first-order chi connectivity index (χ1) is 7.99. The zero-order valence-corrected chi connectivity index (χ0v) is 10.3. The summed E-state index contributed by atoms with van der Waals surface area (Å²) in [5.74, 6) is -0.287. The van der Waals surface area contributed by atoms with Gasteiger partial charge in [0.1, 0.15) is 6.04 Å². The van der Waals surface area contributed by atoms with E-state index in [4.69, 9.17) is 0 Å². The molecule has 0 spiro atoms. The van der Waals surface area contributed by atoms with Crippen molar-refractivity contribution in [2.75, 3.05) is 12.4 Å². The Balaban J connectivity index is 2.14. The molecule has 1 fully saturated rings. The zero-order chi connectivity index (χ0) is 12.6. The minimum Gasteiger partial charge on any atom is -0.373 e. The fraction of sp³-hybridized carbons (Fsp3) is 0.385. The maximum absolute atomic E-state index is 11.7. The molecule has 2 amide bonds. The lowest BCUT2D eigenvalue weighted by Crippen LogP contribution is -2.31. The fourth-order valence-electron chi connectivity index (χ4n) is 1.90. The third-order valence-electron chi connectivity index (χ3n) is 3.23. The second-order valence-corrected chi connectivity index (χ2v) is 4.49. The van der Waals surface area contributed by atoms with Gasteiger partial charge in [0.25, 0.3) is 5.91 Å². The number of nitrogens with zero attached hydrogens (tertiary/aromatic N) is 1. The molecule has 1 heterocycles. The molecule has 4 nitrogen and oxygen atoms in total. The highest BCUT2D eigenvalue weighted by molar-refractivity contribution is 6.06. The van der Waals surface area contributed by atoms with Crippen molar-refractivity contribution in [1.82, 2.24) is 4.90 Å². The molecule has 1 aliphatic heterocycles. The minimum absolute atomic E-state index is 0.128. The summed E-state index contributed by atoms with van der Waals surface area (Å²) < 4.78 is 0. The Morgan fingerprint density at radius 3 is 2.47 bits per heavy atom. The highest BCUT2D eigenvalue weighted by atomic mass is 16.2. The van der Waals surface area contributed by atoms with Crippen molar-refractivity contribution >= 4 is 17.5 Å². The van der Waals surface area contributed by atoms with Gasteiger partial charge in [-0.25, -0.2) is 0 Å². The van der Waals surface area contributed by atoms with E-state index in [2.05, 4.69) is 5.32 Å². The van der Waals surface area contributed by atoms with Crippen molar-refractivity contribution in [3.8, 4) is 0 Å². The highest BCUT2D eigenvalue weighted by Crippen LogP contribution is 2.19. The summed E-state index contributed by atoms with van der Waals surface area (Å²) in [7, 11) is 1.52. The van der Waals surface area contributed by atoms with Gasteiger partial charge in [-0.15, -0.1) is 0 Å². The van der Waals surface area contributed by atoms with E-state index in [1.54, 1.807) is 0 Å². The van der Waals surface area contributed by atoms with Gasteiger partial charge >= 0.3 is 0 Å². The molecule has 2 rings (SSSR count). The van der Waals surface area contributed by atoms with Crippen molar-refractivity contribution in [2.45, 2.75) is 26.3 Å². The van der Waals surface area contributed by atoms with Gasteiger partial charge < -0.3 is 5.32 Å². The lowest BCUT2D eigenvalue weighted by molar-refractivity contribution is -0.136. The molecule has 4 heteroatoms. The average molecular weight is 232 g/mol. The van der Waals surface area contributed by atoms with Crippen molar-refractivity contribution in [1.29, 1.82) is 0 Å². The summed E-state index contributed by atoms with van der Waals surface area (Å²) >= 11 is 0. The van der Waals surface area contributed by atoms with E-state index in [0.717, 1.165) is 5.69 Å². The van der Waals surface area contributed by atoms with Crippen LogP contribution >= 0.6 is 0 Å². The lowest BCUT2D eigenvalue weighted by atomic mass is 10.1. The molecule has 1 aromatic rings. The molecule has 90 valence electrons. The predicted octanol–water partition coefficient (Wildman–Crippen LogP) is 1.47. The molecule has 1 N–H and O–H groups in total. The number of nitrogens with one attached hydrogen (secondary N) is 1. The Morgan fingerprint density at radius 1 is 1.24 bits per heavy atom. The number of likely N-dealkylation sites (tertiary alicyclic amines) is 1. The van der Waals surface area contributed by atoms with E-state index >= 15 is 0 Å². The highest BCUT2D eigenvalue weighted by Gasteiger charge is 2.35. The number of benzene rings is 1. The van der Waals surface area contributed by atoms with Crippen LogP contribution in [0.1, 0.15) is 17.5 Å². The lowest BCUT2D eigenvalue weighted by Gasteiger charge is -2.13. The molecular formula is C13H16N2O2. The monoisotopic (exact) mass is 232 g/mol. The Bertz CT molecular complexity index is 482. The molecule has 0 saturated carbocycles. The SMILES string of the molecule is Cc1ccc(N[C@H]2CC(=O)N(C)C2=O)cc1C. The quantitative estimate of drug-likeness (QED) is 0.786. The molecule has 0 aliphatic carbocycles. The summed E-state index contributed by atoms with van der Waals surface area (Å²) in [6.07, 6.45) is 0.238. The number of likely N-dealkylation sites (N-methyl/N-ethyl adjacent to an activating group) is 1. The van der Waals surface area contributed by atoms with Crippen molar-refractivity contribution in [3.05, 3.63) is 29.3 Å². The van der Waals surface area contributed by atoms with Crippen molar-refractivity contribution in [3.63, 3.8) is 0 Å². The summed E-state index contributed by atoms with van der Waals surface area (Å²) in [5, 5.41) is 3.11. The topological polar surface area (TPSA) is 49.4 Å². The maximum Gasteiger partial charge on any atom is 0.251 e. The first-order valence-electron chi connectivity index (χ1n) is 5.63. The number of anilines is 1.